The van der Waals surface area contributed by atoms with Gasteiger partial charge in [0.15, 0.2) is 0 Å². The molecule has 1 atom stereocenters. The van der Waals surface area contributed by atoms with Crippen LogP contribution in [-0.4, -0.2) is 35.6 Å². The first-order chi connectivity index (χ1) is 6.13. The third kappa shape index (κ3) is 3.04. The average molecular weight is 201 g/mol. The maximum absolute atomic E-state index is 9.39. The first kappa shape index (κ1) is 10.6. The summed E-state index contributed by atoms with van der Waals surface area (Å²) in [5.41, 5.74) is 5.32. The number of hydrogen-bond donors (Lipinski definition) is 2. The summed E-state index contributed by atoms with van der Waals surface area (Å²) in [5, 5.41) is 10.1. The minimum Gasteiger partial charge on any atom is -0.385 e. The highest BCUT2D eigenvalue weighted by Gasteiger charge is 2.10. The number of aromatic nitrogens is 1. The Morgan fingerprint density at radius 3 is 2.92 bits per heavy atom. The van der Waals surface area contributed by atoms with Gasteiger partial charge in [0.25, 0.3) is 0 Å². The van der Waals surface area contributed by atoms with Crippen LogP contribution < -0.4 is 5.73 Å². The van der Waals surface area contributed by atoms with Gasteiger partial charge in [0.2, 0.25) is 0 Å². The molecule has 0 radical (unpaired) electrons. The largest absolute Gasteiger partial charge is 0.385 e. The third-order valence-electron chi connectivity index (χ3n) is 1.55. The van der Waals surface area contributed by atoms with Gasteiger partial charge < -0.3 is 15.7 Å². The number of aliphatic hydroxyl groups excluding tert-OH is 1. The van der Waals surface area contributed by atoms with Crippen molar-refractivity contribution >= 4 is 11.3 Å². The zero-order chi connectivity index (χ0) is 9.84. The van der Waals surface area contributed by atoms with Crippen LogP contribution in [0.4, 0.5) is 0 Å². The molecule has 0 saturated carbocycles. The van der Waals surface area contributed by atoms with Crippen LogP contribution >= 0.6 is 11.3 Å². The molecular formula is C8H15N3OS. The molecule has 0 aromatic carbocycles. The van der Waals surface area contributed by atoms with E-state index < -0.39 is 6.10 Å². The molecule has 0 aliphatic heterocycles. The fourth-order valence-corrected chi connectivity index (χ4v) is 2.00. The summed E-state index contributed by atoms with van der Waals surface area (Å²) in [7, 11) is 4.00. The summed E-state index contributed by atoms with van der Waals surface area (Å²) in [6.07, 6.45) is 1.18. The van der Waals surface area contributed by atoms with Gasteiger partial charge in [-0.1, -0.05) is 0 Å². The van der Waals surface area contributed by atoms with E-state index in [0.29, 0.717) is 5.01 Å². The second kappa shape index (κ2) is 4.66. The smallest absolute Gasteiger partial charge is 0.123 e. The molecule has 0 unspecified atom stereocenters. The lowest BCUT2D eigenvalue weighted by Gasteiger charge is -2.05. The van der Waals surface area contributed by atoms with Crippen molar-refractivity contribution in [3.63, 3.8) is 0 Å². The van der Waals surface area contributed by atoms with Crippen LogP contribution in [0.5, 0.6) is 0 Å². The highest BCUT2D eigenvalue weighted by Crippen LogP contribution is 2.19. The van der Waals surface area contributed by atoms with Crippen LogP contribution in [0, 0.1) is 0 Å². The van der Waals surface area contributed by atoms with Crippen molar-refractivity contribution in [3.05, 3.63) is 16.1 Å². The van der Waals surface area contributed by atoms with E-state index in [1.807, 2.05) is 14.1 Å². The highest BCUT2D eigenvalue weighted by molar-refractivity contribution is 7.11. The Morgan fingerprint density at radius 1 is 1.69 bits per heavy atom. The lowest BCUT2D eigenvalue weighted by molar-refractivity contribution is 0.186. The zero-order valence-corrected chi connectivity index (χ0v) is 8.71. The molecular weight excluding hydrogens is 186 g/mol. The SMILES string of the molecule is CN(C)Cc1cnc([C@@H](O)CN)s1. The average Bonchev–Trinajstić information content (AvgIpc) is 2.50. The van der Waals surface area contributed by atoms with Gasteiger partial charge in [0.05, 0.1) is 0 Å². The molecule has 5 heteroatoms. The Morgan fingerprint density at radius 2 is 2.38 bits per heavy atom. The quantitative estimate of drug-likeness (QED) is 0.730. The normalized spacial score (nSPS) is 13.6. The van der Waals surface area contributed by atoms with Gasteiger partial charge >= 0.3 is 0 Å². The minimum atomic E-state index is -0.610. The lowest BCUT2D eigenvalue weighted by Crippen LogP contribution is -2.11. The Kier molecular flexibility index (Phi) is 3.80. The van der Waals surface area contributed by atoms with E-state index >= 15 is 0 Å². The van der Waals surface area contributed by atoms with Crippen LogP contribution in [0.15, 0.2) is 6.20 Å². The van der Waals surface area contributed by atoms with Gasteiger partial charge in [-0.05, 0) is 14.1 Å². The molecule has 0 bridgehead atoms. The van der Waals surface area contributed by atoms with Crippen molar-refractivity contribution in [1.29, 1.82) is 0 Å². The molecule has 74 valence electrons. The van der Waals surface area contributed by atoms with E-state index in [1.165, 1.54) is 11.3 Å². The van der Waals surface area contributed by atoms with Crippen molar-refractivity contribution < 1.29 is 5.11 Å². The Labute approximate surface area is 82.0 Å². The first-order valence-corrected chi connectivity index (χ1v) is 4.92. The molecule has 4 nitrogen and oxygen atoms in total. The molecule has 0 aliphatic rings. The monoisotopic (exact) mass is 201 g/mol. The van der Waals surface area contributed by atoms with E-state index in [1.54, 1.807) is 6.20 Å². The fourth-order valence-electron chi connectivity index (χ4n) is 0.962. The predicted molar refractivity (Wildman–Crippen MR) is 53.5 cm³/mol. The van der Waals surface area contributed by atoms with Gasteiger partial charge in [0, 0.05) is 24.2 Å². The maximum Gasteiger partial charge on any atom is 0.123 e. The number of aliphatic hydroxyl groups is 1. The molecule has 1 rings (SSSR count). The van der Waals surface area contributed by atoms with Gasteiger partial charge in [0.1, 0.15) is 11.1 Å². The summed E-state index contributed by atoms with van der Waals surface area (Å²) < 4.78 is 0. The van der Waals surface area contributed by atoms with E-state index in [2.05, 4.69) is 9.88 Å². The van der Waals surface area contributed by atoms with E-state index in [-0.39, 0.29) is 6.54 Å². The van der Waals surface area contributed by atoms with Crippen LogP contribution in [-0.2, 0) is 6.54 Å². The number of rotatable bonds is 4. The van der Waals surface area contributed by atoms with Gasteiger partial charge in [-0.25, -0.2) is 4.98 Å². The maximum atomic E-state index is 9.39. The standard InChI is InChI=1S/C8H15N3OS/c1-11(2)5-6-4-10-8(13-6)7(12)3-9/h4,7,12H,3,5,9H2,1-2H3/t7-/m0/s1. The molecule has 0 spiro atoms. The second-order valence-electron chi connectivity index (χ2n) is 3.15. The molecule has 1 aromatic heterocycles. The minimum absolute atomic E-state index is 0.231. The fraction of sp³-hybridized carbons (Fsp3) is 0.625. The van der Waals surface area contributed by atoms with Crippen molar-refractivity contribution in [3.8, 4) is 0 Å². The zero-order valence-electron chi connectivity index (χ0n) is 7.90. The van der Waals surface area contributed by atoms with Crippen molar-refractivity contribution in [2.24, 2.45) is 5.73 Å². The molecule has 3 N–H and O–H groups in total. The van der Waals surface area contributed by atoms with Gasteiger partial charge in [-0.15, -0.1) is 11.3 Å². The van der Waals surface area contributed by atoms with E-state index in [0.717, 1.165) is 11.4 Å². The van der Waals surface area contributed by atoms with Gasteiger partial charge in [-0.2, -0.15) is 0 Å². The second-order valence-corrected chi connectivity index (χ2v) is 4.30. The number of hydrogen-bond acceptors (Lipinski definition) is 5. The molecule has 13 heavy (non-hydrogen) atoms. The van der Waals surface area contributed by atoms with Crippen LogP contribution in [0.25, 0.3) is 0 Å². The van der Waals surface area contributed by atoms with Crippen molar-refractivity contribution in [2.45, 2.75) is 12.6 Å². The summed E-state index contributed by atoms with van der Waals surface area (Å²) in [6.45, 7) is 1.09. The molecule has 1 heterocycles. The predicted octanol–water partition coefficient (Wildman–Crippen LogP) is 0.197. The highest BCUT2D eigenvalue weighted by atomic mass is 32.1. The number of nitrogens with two attached hydrogens (primary N) is 1. The summed E-state index contributed by atoms with van der Waals surface area (Å²) >= 11 is 1.51. The Balaban J connectivity index is 2.63. The van der Waals surface area contributed by atoms with Crippen molar-refractivity contribution in [2.75, 3.05) is 20.6 Å². The van der Waals surface area contributed by atoms with Gasteiger partial charge in [-0.3, -0.25) is 0 Å². The van der Waals surface area contributed by atoms with Crippen molar-refractivity contribution in [1.82, 2.24) is 9.88 Å². The van der Waals surface area contributed by atoms with Crippen LogP contribution in [0.2, 0.25) is 0 Å². The molecule has 0 amide bonds. The Hall–Kier alpha value is -0.490. The topological polar surface area (TPSA) is 62.4 Å². The number of nitrogens with zero attached hydrogens (tertiary/aromatic N) is 2. The van der Waals surface area contributed by atoms with Crippen LogP contribution in [0.1, 0.15) is 16.0 Å². The summed E-state index contributed by atoms with van der Waals surface area (Å²) in [6, 6.07) is 0. The van der Waals surface area contributed by atoms with E-state index in [9.17, 15) is 5.11 Å². The molecule has 1 aromatic rings. The van der Waals surface area contributed by atoms with E-state index in [4.69, 9.17) is 5.73 Å². The number of thiazole rings is 1. The lowest BCUT2D eigenvalue weighted by atomic mass is 10.4. The molecule has 0 fully saturated rings. The molecule has 0 saturated heterocycles. The van der Waals surface area contributed by atoms with Crippen LogP contribution in [0.3, 0.4) is 0 Å². The third-order valence-corrected chi connectivity index (χ3v) is 2.64. The Bertz CT molecular complexity index is 262. The molecule has 0 aliphatic carbocycles. The summed E-state index contributed by atoms with van der Waals surface area (Å²) in [4.78, 5) is 7.31. The summed E-state index contributed by atoms with van der Waals surface area (Å²) in [5.74, 6) is 0. The first-order valence-electron chi connectivity index (χ1n) is 4.11.